The predicted octanol–water partition coefficient (Wildman–Crippen LogP) is 3.42. The second-order valence-electron chi connectivity index (χ2n) is 5.72. The predicted molar refractivity (Wildman–Crippen MR) is 108 cm³/mol. The highest BCUT2D eigenvalue weighted by Crippen LogP contribution is 2.22. The lowest BCUT2D eigenvalue weighted by Crippen LogP contribution is -2.37. The number of rotatable bonds is 6. The number of anilines is 1. The van der Waals surface area contributed by atoms with Gasteiger partial charge in [0.05, 0.1) is 11.4 Å². The molecule has 0 aliphatic carbocycles. The zero-order chi connectivity index (χ0) is 19.4. The Bertz CT molecular complexity index is 1010. The summed E-state index contributed by atoms with van der Waals surface area (Å²) in [5.41, 5.74) is 0.574. The highest BCUT2D eigenvalue weighted by molar-refractivity contribution is 7.71. The largest absolute Gasteiger partial charge is 0.335 e. The van der Waals surface area contributed by atoms with E-state index < -0.39 is 0 Å². The second-order valence-corrected chi connectivity index (χ2v) is 7.49. The quantitative estimate of drug-likeness (QED) is 0.597. The van der Waals surface area contributed by atoms with Crippen LogP contribution in [0.1, 0.15) is 0 Å². The number of amides is 2. The lowest BCUT2D eigenvalue weighted by Gasteiger charge is -2.17. The van der Waals surface area contributed by atoms with E-state index >= 15 is 0 Å². The van der Waals surface area contributed by atoms with Crippen molar-refractivity contribution in [2.45, 2.75) is 6.54 Å². The molecule has 0 fully saturated rings. The Hall–Kier alpha value is -2.49. The van der Waals surface area contributed by atoms with Crippen LogP contribution in [-0.4, -0.2) is 45.1 Å². The van der Waals surface area contributed by atoms with Crippen molar-refractivity contribution in [3.05, 3.63) is 51.6 Å². The van der Waals surface area contributed by atoms with Crippen LogP contribution in [0.3, 0.4) is 0 Å². The topological polar surface area (TPSA) is 83.0 Å². The van der Waals surface area contributed by atoms with Crippen molar-refractivity contribution in [3.63, 3.8) is 0 Å². The van der Waals surface area contributed by atoms with Crippen LogP contribution >= 0.6 is 35.2 Å². The van der Waals surface area contributed by atoms with Crippen LogP contribution in [0.5, 0.6) is 0 Å². The highest BCUT2D eigenvalue weighted by atomic mass is 35.5. The number of carbonyl (C=O) groups excluding carboxylic acids is 2. The number of aromatic nitrogens is 3. The van der Waals surface area contributed by atoms with E-state index in [2.05, 4.69) is 15.5 Å². The zero-order valence-corrected chi connectivity index (χ0v) is 16.7. The number of aromatic amines is 1. The number of nitrogens with one attached hydrogen (secondary N) is 2. The van der Waals surface area contributed by atoms with Gasteiger partial charge in [-0.15, -0.1) is 11.3 Å². The molecule has 2 aromatic heterocycles. The van der Waals surface area contributed by atoms with E-state index in [1.54, 1.807) is 35.9 Å². The van der Waals surface area contributed by atoms with Crippen molar-refractivity contribution in [1.29, 1.82) is 0 Å². The zero-order valence-electron chi connectivity index (χ0n) is 14.3. The molecule has 0 aliphatic rings. The van der Waals surface area contributed by atoms with Gasteiger partial charge in [0.15, 0.2) is 10.6 Å². The van der Waals surface area contributed by atoms with E-state index in [9.17, 15) is 9.59 Å². The van der Waals surface area contributed by atoms with Gasteiger partial charge in [-0.05, 0) is 41.9 Å². The Labute approximate surface area is 169 Å². The van der Waals surface area contributed by atoms with Gasteiger partial charge >= 0.3 is 0 Å². The number of hydrogen-bond acceptors (Lipinski definition) is 5. The fraction of sp³-hybridized carbons (Fsp3) is 0.176. The van der Waals surface area contributed by atoms with Gasteiger partial charge < -0.3 is 10.2 Å². The van der Waals surface area contributed by atoms with Crippen LogP contribution < -0.4 is 5.32 Å². The minimum atomic E-state index is -0.317. The second kappa shape index (κ2) is 8.47. The molecule has 2 N–H and O–H groups in total. The molecule has 27 heavy (non-hydrogen) atoms. The number of carbonyl (C=O) groups is 2. The van der Waals surface area contributed by atoms with E-state index in [1.807, 2.05) is 17.5 Å². The first-order valence-corrected chi connectivity index (χ1v) is 9.59. The lowest BCUT2D eigenvalue weighted by molar-refractivity contribution is -0.133. The number of H-pyrrole nitrogens is 1. The van der Waals surface area contributed by atoms with E-state index in [0.29, 0.717) is 21.3 Å². The van der Waals surface area contributed by atoms with Crippen LogP contribution in [0.2, 0.25) is 5.02 Å². The lowest BCUT2D eigenvalue weighted by atomic mass is 10.3. The van der Waals surface area contributed by atoms with E-state index in [0.717, 1.165) is 4.88 Å². The summed E-state index contributed by atoms with van der Waals surface area (Å²) < 4.78 is 1.97. The van der Waals surface area contributed by atoms with Crippen molar-refractivity contribution in [3.8, 4) is 10.7 Å². The Kier molecular flexibility index (Phi) is 6.04. The van der Waals surface area contributed by atoms with Crippen LogP contribution in [0.15, 0.2) is 41.8 Å². The Morgan fingerprint density at radius 2 is 2.19 bits per heavy atom. The third kappa shape index (κ3) is 4.82. The maximum absolute atomic E-state index is 12.5. The van der Waals surface area contributed by atoms with Crippen LogP contribution in [-0.2, 0) is 16.1 Å². The number of benzene rings is 1. The maximum Gasteiger partial charge on any atom is 0.243 e. The van der Waals surface area contributed by atoms with E-state index in [-0.39, 0.29) is 24.9 Å². The summed E-state index contributed by atoms with van der Waals surface area (Å²) in [5.74, 6) is 0.0223. The van der Waals surface area contributed by atoms with Crippen molar-refractivity contribution in [2.24, 2.45) is 0 Å². The molecular formula is C17H16ClN5O2S2. The molecule has 10 heteroatoms. The summed E-state index contributed by atoms with van der Waals surface area (Å²) in [7, 11) is 1.56. The molecule has 0 atom stereocenters. The van der Waals surface area contributed by atoms with Gasteiger partial charge in [0.2, 0.25) is 11.8 Å². The van der Waals surface area contributed by atoms with Crippen LogP contribution in [0.25, 0.3) is 10.7 Å². The summed E-state index contributed by atoms with van der Waals surface area (Å²) in [6.07, 6.45) is 0. The van der Waals surface area contributed by atoms with Crippen molar-refractivity contribution >= 4 is 52.7 Å². The first-order chi connectivity index (χ1) is 12.9. The Balaban J connectivity index is 1.64. The summed E-state index contributed by atoms with van der Waals surface area (Å²) in [4.78, 5) is 27.0. The summed E-state index contributed by atoms with van der Waals surface area (Å²) >= 11 is 12.6. The Morgan fingerprint density at radius 3 is 2.89 bits per heavy atom. The molecule has 3 aromatic rings. The summed E-state index contributed by atoms with van der Waals surface area (Å²) in [6.45, 7) is -0.103. The number of hydrogen-bond donors (Lipinski definition) is 2. The molecule has 0 aliphatic heterocycles. The summed E-state index contributed by atoms with van der Waals surface area (Å²) in [6, 6.07) is 10.6. The summed E-state index contributed by atoms with van der Waals surface area (Å²) in [5, 5.41) is 12.1. The standard InChI is InChI=1S/C17H16ClN5O2S2/c1-22(9-14(24)19-12-5-2-4-11(18)8-12)15(25)10-23-16(20-21-17(23)26)13-6-3-7-27-13/h2-8H,9-10H2,1H3,(H,19,24)(H,21,26). The number of nitrogens with zero attached hydrogens (tertiary/aromatic N) is 3. The molecule has 3 rings (SSSR count). The third-order valence-corrected chi connectivity index (χ3v) is 5.12. The minimum Gasteiger partial charge on any atom is -0.335 e. The first kappa shape index (κ1) is 19.3. The monoisotopic (exact) mass is 421 g/mol. The van der Waals surface area contributed by atoms with Crippen molar-refractivity contribution in [2.75, 3.05) is 18.9 Å². The van der Waals surface area contributed by atoms with Gasteiger partial charge in [-0.3, -0.25) is 19.3 Å². The number of halogens is 1. The van der Waals surface area contributed by atoms with Gasteiger partial charge in [0, 0.05) is 17.8 Å². The van der Waals surface area contributed by atoms with Gasteiger partial charge in [0.25, 0.3) is 0 Å². The van der Waals surface area contributed by atoms with Crippen molar-refractivity contribution in [1.82, 2.24) is 19.7 Å². The molecule has 0 unspecified atom stereocenters. The number of thiophene rings is 1. The minimum absolute atomic E-state index is 0.0104. The third-order valence-electron chi connectivity index (χ3n) is 3.71. The van der Waals surface area contributed by atoms with Crippen molar-refractivity contribution < 1.29 is 9.59 Å². The van der Waals surface area contributed by atoms with Crippen LogP contribution in [0.4, 0.5) is 5.69 Å². The maximum atomic E-state index is 12.5. The van der Waals surface area contributed by atoms with Gasteiger partial charge in [-0.2, -0.15) is 5.10 Å². The molecule has 0 saturated carbocycles. The molecule has 2 heterocycles. The molecule has 0 saturated heterocycles. The molecule has 0 spiro atoms. The fourth-order valence-electron chi connectivity index (χ4n) is 2.38. The van der Waals surface area contributed by atoms with Gasteiger partial charge in [0.1, 0.15) is 6.54 Å². The van der Waals surface area contributed by atoms with Crippen LogP contribution in [0, 0.1) is 4.77 Å². The van der Waals surface area contributed by atoms with E-state index in [1.165, 1.54) is 16.2 Å². The molecular weight excluding hydrogens is 406 g/mol. The fourth-order valence-corrected chi connectivity index (χ4v) is 3.49. The molecule has 2 amide bonds. The normalized spacial score (nSPS) is 10.6. The highest BCUT2D eigenvalue weighted by Gasteiger charge is 2.17. The molecule has 1 aromatic carbocycles. The van der Waals surface area contributed by atoms with E-state index in [4.69, 9.17) is 23.8 Å². The molecule has 140 valence electrons. The first-order valence-electron chi connectivity index (χ1n) is 7.92. The molecule has 0 bridgehead atoms. The van der Waals surface area contributed by atoms with Gasteiger partial charge in [-0.1, -0.05) is 23.7 Å². The average molecular weight is 422 g/mol. The average Bonchev–Trinajstić information content (AvgIpc) is 3.25. The smallest absolute Gasteiger partial charge is 0.243 e. The SMILES string of the molecule is CN(CC(=O)Nc1cccc(Cl)c1)C(=O)Cn1c(-c2cccs2)n[nH]c1=S. The number of likely N-dealkylation sites (N-methyl/N-ethyl adjacent to an activating group) is 1. The molecule has 0 radical (unpaired) electrons. The molecule has 7 nitrogen and oxygen atoms in total. The Morgan fingerprint density at radius 1 is 1.37 bits per heavy atom. The van der Waals surface area contributed by atoms with Gasteiger partial charge in [-0.25, -0.2) is 0 Å².